The van der Waals surface area contributed by atoms with Gasteiger partial charge in [0.25, 0.3) is 5.91 Å². The Kier molecular flexibility index (Phi) is 6.90. The Labute approximate surface area is 209 Å². The number of carbonyl (C=O) groups is 1. The van der Waals surface area contributed by atoms with E-state index in [2.05, 4.69) is 25.3 Å². The van der Waals surface area contributed by atoms with Gasteiger partial charge in [-0.2, -0.15) is 4.98 Å². The summed E-state index contributed by atoms with van der Waals surface area (Å²) in [4.78, 5) is 26.4. The Morgan fingerprint density at radius 1 is 1.03 bits per heavy atom. The lowest BCUT2D eigenvalue weighted by atomic mass is 10.1. The van der Waals surface area contributed by atoms with E-state index in [1.54, 1.807) is 25.4 Å². The van der Waals surface area contributed by atoms with Crippen molar-refractivity contribution in [3.63, 3.8) is 0 Å². The first-order chi connectivity index (χ1) is 17.6. The number of benzene rings is 2. The maximum absolute atomic E-state index is 13.4. The Morgan fingerprint density at radius 2 is 1.81 bits per heavy atom. The molecular weight excluding hydrogens is 456 g/mol. The molecule has 1 fully saturated rings. The molecule has 0 unspecified atom stereocenters. The molecule has 4 aromatic rings. The molecule has 1 aliphatic heterocycles. The lowest BCUT2D eigenvalue weighted by molar-refractivity contribution is 0.0615. The first-order valence-corrected chi connectivity index (χ1v) is 11.9. The second kappa shape index (κ2) is 10.6. The molecule has 0 atom stereocenters. The minimum absolute atomic E-state index is 0.0559. The van der Waals surface area contributed by atoms with Crippen molar-refractivity contribution in [2.45, 2.75) is 13.5 Å². The van der Waals surface area contributed by atoms with E-state index in [1.807, 2.05) is 60.4 Å². The van der Waals surface area contributed by atoms with Gasteiger partial charge in [0.05, 0.1) is 24.9 Å². The zero-order valence-corrected chi connectivity index (χ0v) is 20.3. The number of nitrogens with zero attached hydrogens (tertiary/aromatic N) is 5. The number of nitrogens with one attached hydrogen (secondary N) is 1. The summed E-state index contributed by atoms with van der Waals surface area (Å²) >= 11 is 0. The number of carbonyl (C=O) groups excluding carboxylic acids is 1. The zero-order valence-electron chi connectivity index (χ0n) is 20.3. The average Bonchev–Trinajstić information content (AvgIpc) is 3.38. The molecule has 0 radical (unpaired) electrons. The molecule has 2 aromatic heterocycles. The van der Waals surface area contributed by atoms with E-state index < -0.39 is 0 Å². The van der Waals surface area contributed by atoms with Crippen molar-refractivity contribution < 1.29 is 14.1 Å². The van der Waals surface area contributed by atoms with Crippen LogP contribution in [-0.2, 0) is 6.54 Å². The maximum atomic E-state index is 13.4. The number of aryl methyl sites for hydroxylation is 1. The molecule has 5 rings (SSSR count). The summed E-state index contributed by atoms with van der Waals surface area (Å²) in [7, 11) is 1.61. The largest absolute Gasteiger partial charge is 0.495 e. The van der Waals surface area contributed by atoms with Crippen molar-refractivity contribution in [3.8, 4) is 17.1 Å². The van der Waals surface area contributed by atoms with Gasteiger partial charge in [-0.15, -0.1) is 0 Å². The molecular formula is C27H28N6O3. The van der Waals surface area contributed by atoms with E-state index in [-0.39, 0.29) is 5.91 Å². The van der Waals surface area contributed by atoms with E-state index in [1.165, 1.54) is 5.56 Å². The van der Waals surface area contributed by atoms with E-state index in [0.717, 1.165) is 11.3 Å². The van der Waals surface area contributed by atoms with Gasteiger partial charge < -0.3 is 19.5 Å². The monoisotopic (exact) mass is 484 g/mol. The van der Waals surface area contributed by atoms with Crippen molar-refractivity contribution in [2.24, 2.45) is 0 Å². The highest BCUT2D eigenvalue weighted by Crippen LogP contribution is 2.28. The van der Waals surface area contributed by atoms with Gasteiger partial charge in [-0.3, -0.25) is 9.69 Å². The van der Waals surface area contributed by atoms with Crippen molar-refractivity contribution in [1.82, 2.24) is 24.9 Å². The second-order valence-electron chi connectivity index (χ2n) is 8.67. The van der Waals surface area contributed by atoms with E-state index >= 15 is 0 Å². The highest BCUT2D eigenvalue weighted by atomic mass is 16.5. The Bertz CT molecular complexity index is 1330. The third kappa shape index (κ3) is 5.21. The SMILES string of the molecule is COc1ccccc1Nc1ncccc1C(=O)N1CCN(Cc2nc(-c3ccc(C)cc3)no2)CC1. The minimum atomic E-state index is -0.0559. The highest BCUT2D eigenvalue weighted by Gasteiger charge is 2.25. The smallest absolute Gasteiger partial charge is 0.257 e. The quantitative estimate of drug-likeness (QED) is 0.418. The minimum Gasteiger partial charge on any atom is -0.495 e. The average molecular weight is 485 g/mol. The molecule has 2 aromatic carbocycles. The van der Waals surface area contributed by atoms with Crippen LogP contribution in [0.5, 0.6) is 5.75 Å². The Balaban J connectivity index is 1.21. The fourth-order valence-corrected chi connectivity index (χ4v) is 4.16. The molecule has 184 valence electrons. The third-order valence-corrected chi connectivity index (χ3v) is 6.19. The van der Waals surface area contributed by atoms with Crippen LogP contribution in [0.1, 0.15) is 21.8 Å². The molecule has 36 heavy (non-hydrogen) atoms. The predicted molar refractivity (Wildman–Crippen MR) is 136 cm³/mol. The van der Waals surface area contributed by atoms with Crippen molar-refractivity contribution >= 4 is 17.4 Å². The zero-order chi connectivity index (χ0) is 24.9. The molecule has 0 bridgehead atoms. The number of methoxy groups -OCH3 is 1. The van der Waals surface area contributed by atoms with Gasteiger partial charge in [0, 0.05) is 37.9 Å². The van der Waals surface area contributed by atoms with Gasteiger partial charge in [-0.25, -0.2) is 4.98 Å². The van der Waals surface area contributed by atoms with Crippen LogP contribution in [0.3, 0.4) is 0 Å². The lowest BCUT2D eigenvalue weighted by Crippen LogP contribution is -2.48. The molecule has 1 aliphatic rings. The lowest BCUT2D eigenvalue weighted by Gasteiger charge is -2.34. The topological polar surface area (TPSA) is 96.6 Å². The summed E-state index contributed by atoms with van der Waals surface area (Å²) < 4.78 is 10.9. The van der Waals surface area contributed by atoms with Crippen LogP contribution in [0, 0.1) is 6.92 Å². The summed E-state index contributed by atoms with van der Waals surface area (Å²) in [5, 5.41) is 7.37. The van der Waals surface area contributed by atoms with Crippen molar-refractivity contribution in [3.05, 3.63) is 83.9 Å². The number of ether oxygens (including phenoxy) is 1. The van der Waals surface area contributed by atoms with Crippen molar-refractivity contribution in [1.29, 1.82) is 0 Å². The van der Waals surface area contributed by atoms with Gasteiger partial charge in [-0.05, 0) is 31.2 Å². The first-order valence-electron chi connectivity index (χ1n) is 11.9. The van der Waals surface area contributed by atoms with E-state index in [9.17, 15) is 4.79 Å². The normalized spacial score (nSPS) is 14.0. The highest BCUT2D eigenvalue weighted by molar-refractivity contribution is 5.99. The first kappa shape index (κ1) is 23.5. The van der Waals surface area contributed by atoms with Gasteiger partial charge in [-0.1, -0.05) is 47.1 Å². The number of para-hydroxylation sites is 2. The van der Waals surface area contributed by atoms with Crippen LogP contribution in [0.4, 0.5) is 11.5 Å². The number of amides is 1. The summed E-state index contributed by atoms with van der Waals surface area (Å²) in [6, 6.07) is 19.2. The molecule has 0 aliphatic carbocycles. The molecule has 1 saturated heterocycles. The molecule has 3 heterocycles. The molecule has 9 nitrogen and oxygen atoms in total. The maximum Gasteiger partial charge on any atom is 0.257 e. The van der Waals surface area contributed by atoms with Gasteiger partial charge in [0.1, 0.15) is 11.6 Å². The second-order valence-corrected chi connectivity index (χ2v) is 8.67. The van der Waals surface area contributed by atoms with Crippen LogP contribution in [0.15, 0.2) is 71.4 Å². The van der Waals surface area contributed by atoms with Crippen LogP contribution in [0.2, 0.25) is 0 Å². The number of rotatable bonds is 7. The molecule has 1 amide bonds. The number of piperazine rings is 1. The molecule has 0 saturated carbocycles. The van der Waals surface area contributed by atoms with E-state index in [0.29, 0.717) is 61.6 Å². The molecule has 0 spiro atoms. The molecule has 9 heteroatoms. The number of hydrogen-bond donors (Lipinski definition) is 1. The van der Waals surface area contributed by atoms with Crippen LogP contribution in [-0.4, -0.2) is 64.1 Å². The summed E-state index contributed by atoms with van der Waals surface area (Å²) in [6.45, 7) is 5.21. The van der Waals surface area contributed by atoms with Crippen LogP contribution >= 0.6 is 0 Å². The number of anilines is 2. The van der Waals surface area contributed by atoms with Crippen molar-refractivity contribution in [2.75, 3.05) is 38.6 Å². The summed E-state index contributed by atoms with van der Waals surface area (Å²) in [6.07, 6.45) is 1.67. The van der Waals surface area contributed by atoms with Crippen LogP contribution < -0.4 is 10.1 Å². The fraction of sp³-hybridized carbons (Fsp3) is 0.259. The van der Waals surface area contributed by atoms with Crippen LogP contribution in [0.25, 0.3) is 11.4 Å². The predicted octanol–water partition coefficient (Wildman–Crippen LogP) is 4.15. The Morgan fingerprint density at radius 3 is 2.58 bits per heavy atom. The Hall–Kier alpha value is -4.24. The number of hydrogen-bond acceptors (Lipinski definition) is 8. The molecule has 1 N–H and O–H groups in total. The van der Waals surface area contributed by atoms with Gasteiger partial charge in [0.15, 0.2) is 0 Å². The fourth-order valence-electron chi connectivity index (χ4n) is 4.16. The summed E-state index contributed by atoms with van der Waals surface area (Å²) in [5.74, 6) is 2.29. The van der Waals surface area contributed by atoms with E-state index in [4.69, 9.17) is 9.26 Å². The standard InChI is InChI=1S/C27H28N6O3/c1-19-9-11-20(12-10-19)25-30-24(36-31-25)18-32-14-16-33(17-15-32)27(34)21-6-5-13-28-26(21)29-22-7-3-4-8-23(22)35-2/h3-13H,14-18H2,1-2H3,(H,28,29). The third-order valence-electron chi connectivity index (χ3n) is 6.19. The van der Waals surface area contributed by atoms with Gasteiger partial charge in [0.2, 0.25) is 11.7 Å². The number of aromatic nitrogens is 3. The number of pyridine rings is 1. The van der Waals surface area contributed by atoms with Gasteiger partial charge >= 0.3 is 0 Å². The summed E-state index contributed by atoms with van der Waals surface area (Å²) in [5.41, 5.74) is 3.39.